The molecule has 1 aliphatic carbocycles. The summed E-state index contributed by atoms with van der Waals surface area (Å²) >= 11 is 0. The lowest BCUT2D eigenvalue weighted by molar-refractivity contribution is -0.114. The van der Waals surface area contributed by atoms with Crippen molar-refractivity contribution in [1.82, 2.24) is 0 Å². The van der Waals surface area contributed by atoms with Crippen molar-refractivity contribution in [2.24, 2.45) is 0 Å². The molecule has 0 aromatic heterocycles. The van der Waals surface area contributed by atoms with Crippen LogP contribution in [0.15, 0.2) is 78.0 Å². The summed E-state index contributed by atoms with van der Waals surface area (Å²) < 4.78 is 0. The van der Waals surface area contributed by atoms with Gasteiger partial charge in [-0.1, -0.05) is 36.4 Å². The van der Waals surface area contributed by atoms with E-state index in [1.54, 1.807) is 12.1 Å². The lowest BCUT2D eigenvalue weighted by Gasteiger charge is -2.11. The Hall–Kier alpha value is -3.40. The van der Waals surface area contributed by atoms with E-state index in [0.717, 1.165) is 39.8 Å². The molecule has 0 radical (unpaired) electrons. The summed E-state index contributed by atoms with van der Waals surface area (Å²) in [6, 6.07) is 21.1. The summed E-state index contributed by atoms with van der Waals surface area (Å²) in [5.74, 6) is 0.0490. The number of carbonyl (C=O) groups excluding carboxylic acids is 2. The van der Waals surface area contributed by atoms with Crippen LogP contribution >= 0.6 is 0 Å². The highest BCUT2D eigenvalue weighted by Gasteiger charge is 2.19. The van der Waals surface area contributed by atoms with Crippen LogP contribution in [0.25, 0.3) is 10.8 Å². The Morgan fingerprint density at radius 3 is 2.37 bits per heavy atom. The fourth-order valence-corrected chi connectivity index (χ4v) is 3.35. The van der Waals surface area contributed by atoms with Gasteiger partial charge in [-0.15, -0.1) is 0 Å². The minimum absolute atomic E-state index is 0.149. The fraction of sp³-hybridized carbons (Fsp3) is 0.130. The van der Waals surface area contributed by atoms with Crippen LogP contribution in [0, 0.1) is 0 Å². The Kier molecular flexibility index (Phi) is 4.47. The molecule has 4 nitrogen and oxygen atoms in total. The average molecular weight is 356 g/mol. The standard InChI is InChI=1S/C23H20N2O2/c1-15-20(13-14-22(15)26)24-18-11-9-17(10-12-18)23(27)25-21-8-4-6-16-5-2-3-7-19(16)21/h2-12,24H,13-14H2,1H3,(H,25,27). The van der Waals surface area contributed by atoms with E-state index >= 15 is 0 Å². The lowest BCUT2D eigenvalue weighted by atomic mass is 10.1. The van der Waals surface area contributed by atoms with Crippen molar-refractivity contribution in [3.8, 4) is 0 Å². The molecule has 4 rings (SSSR count). The topological polar surface area (TPSA) is 58.2 Å². The molecule has 2 N–H and O–H groups in total. The monoisotopic (exact) mass is 356 g/mol. The summed E-state index contributed by atoms with van der Waals surface area (Å²) in [5.41, 5.74) is 4.02. The Bertz CT molecular complexity index is 1060. The first-order valence-electron chi connectivity index (χ1n) is 9.01. The number of rotatable bonds is 4. The first-order chi connectivity index (χ1) is 13.1. The number of ketones is 1. The average Bonchev–Trinajstić information content (AvgIpc) is 3.01. The molecule has 3 aromatic carbocycles. The zero-order chi connectivity index (χ0) is 18.8. The third-order valence-corrected chi connectivity index (χ3v) is 4.95. The molecule has 0 fully saturated rings. The van der Waals surface area contributed by atoms with E-state index in [4.69, 9.17) is 0 Å². The van der Waals surface area contributed by atoms with Gasteiger partial charge in [0.2, 0.25) is 0 Å². The van der Waals surface area contributed by atoms with E-state index in [0.29, 0.717) is 12.0 Å². The highest BCUT2D eigenvalue weighted by atomic mass is 16.1. The van der Waals surface area contributed by atoms with Gasteiger partial charge in [-0.05, 0) is 49.1 Å². The Labute approximate surface area is 157 Å². The van der Waals surface area contributed by atoms with E-state index in [2.05, 4.69) is 10.6 Å². The SMILES string of the molecule is CC1=C(Nc2ccc(C(=O)Nc3cccc4ccccc34)cc2)CCC1=O. The molecular weight excluding hydrogens is 336 g/mol. The second-order valence-corrected chi connectivity index (χ2v) is 6.71. The number of hydrogen-bond donors (Lipinski definition) is 2. The number of allylic oxidation sites excluding steroid dienone is 2. The van der Waals surface area contributed by atoms with Crippen LogP contribution in [0.2, 0.25) is 0 Å². The van der Waals surface area contributed by atoms with Crippen molar-refractivity contribution in [3.05, 3.63) is 83.6 Å². The van der Waals surface area contributed by atoms with E-state index in [1.807, 2.05) is 61.5 Å². The van der Waals surface area contributed by atoms with Crippen molar-refractivity contribution < 1.29 is 9.59 Å². The minimum Gasteiger partial charge on any atom is -0.359 e. The minimum atomic E-state index is -0.149. The predicted octanol–water partition coefficient (Wildman–Crippen LogP) is 5.14. The van der Waals surface area contributed by atoms with Gasteiger partial charge in [0.15, 0.2) is 5.78 Å². The molecule has 4 heteroatoms. The highest BCUT2D eigenvalue weighted by molar-refractivity contribution is 6.09. The molecular formula is C23H20N2O2. The van der Waals surface area contributed by atoms with Crippen LogP contribution in [0.5, 0.6) is 0 Å². The van der Waals surface area contributed by atoms with Gasteiger partial charge in [-0.2, -0.15) is 0 Å². The maximum atomic E-state index is 12.6. The number of fused-ring (bicyclic) bond motifs is 1. The number of anilines is 2. The van der Waals surface area contributed by atoms with Crippen LogP contribution in [0.4, 0.5) is 11.4 Å². The van der Waals surface area contributed by atoms with E-state index in [-0.39, 0.29) is 11.7 Å². The number of amides is 1. The largest absolute Gasteiger partial charge is 0.359 e. The first kappa shape index (κ1) is 17.0. The molecule has 0 atom stereocenters. The molecule has 0 saturated heterocycles. The van der Waals surface area contributed by atoms with Crippen LogP contribution in [0.3, 0.4) is 0 Å². The lowest BCUT2D eigenvalue weighted by Crippen LogP contribution is -2.12. The van der Waals surface area contributed by atoms with Crippen LogP contribution in [-0.4, -0.2) is 11.7 Å². The zero-order valence-corrected chi connectivity index (χ0v) is 15.1. The molecule has 1 aliphatic rings. The maximum Gasteiger partial charge on any atom is 0.255 e. The van der Waals surface area contributed by atoms with Gasteiger partial charge in [0, 0.05) is 40.0 Å². The number of nitrogens with one attached hydrogen (secondary N) is 2. The van der Waals surface area contributed by atoms with Gasteiger partial charge in [-0.25, -0.2) is 0 Å². The quantitative estimate of drug-likeness (QED) is 0.680. The number of hydrogen-bond acceptors (Lipinski definition) is 3. The summed E-state index contributed by atoms with van der Waals surface area (Å²) in [6.45, 7) is 1.85. The first-order valence-corrected chi connectivity index (χ1v) is 9.01. The molecule has 0 aliphatic heterocycles. The Morgan fingerprint density at radius 1 is 0.889 bits per heavy atom. The van der Waals surface area contributed by atoms with Gasteiger partial charge in [0.25, 0.3) is 5.91 Å². The molecule has 0 saturated carbocycles. The van der Waals surface area contributed by atoms with Crippen molar-refractivity contribution in [3.63, 3.8) is 0 Å². The summed E-state index contributed by atoms with van der Waals surface area (Å²) in [4.78, 5) is 24.3. The van der Waals surface area contributed by atoms with Crippen LogP contribution in [-0.2, 0) is 4.79 Å². The van der Waals surface area contributed by atoms with Crippen molar-refractivity contribution in [2.75, 3.05) is 10.6 Å². The smallest absolute Gasteiger partial charge is 0.255 e. The summed E-state index contributed by atoms with van der Waals surface area (Å²) in [5, 5.41) is 8.38. The molecule has 3 aromatic rings. The second kappa shape index (κ2) is 7.08. The third kappa shape index (κ3) is 3.47. The van der Waals surface area contributed by atoms with Crippen molar-refractivity contribution >= 4 is 33.8 Å². The van der Waals surface area contributed by atoms with Gasteiger partial charge < -0.3 is 10.6 Å². The van der Waals surface area contributed by atoms with Crippen molar-refractivity contribution in [2.45, 2.75) is 19.8 Å². The van der Waals surface area contributed by atoms with Gasteiger partial charge in [0.1, 0.15) is 0 Å². The Morgan fingerprint density at radius 2 is 1.63 bits per heavy atom. The molecule has 0 unspecified atom stereocenters. The normalized spacial score (nSPS) is 13.9. The molecule has 134 valence electrons. The fourth-order valence-electron chi connectivity index (χ4n) is 3.35. The maximum absolute atomic E-state index is 12.6. The van der Waals surface area contributed by atoms with E-state index < -0.39 is 0 Å². The second-order valence-electron chi connectivity index (χ2n) is 6.71. The zero-order valence-electron chi connectivity index (χ0n) is 15.1. The highest BCUT2D eigenvalue weighted by Crippen LogP contribution is 2.26. The van der Waals surface area contributed by atoms with E-state index in [9.17, 15) is 9.59 Å². The van der Waals surface area contributed by atoms with Gasteiger partial charge >= 0.3 is 0 Å². The van der Waals surface area contributed by atoms with Crippen LogP contribution < -0.4 is 10.6 Å². The summed E-state index contributed by atoms with van der Waals surface area (Å²) in [6.07, 6.45) is 1.31. The molecule has 0 heterocycles. The molecule has 27 heavy (non-hydrogen) atoms. The molecule has 0 bridgehead atoms. The number of Topliss-reactive ketones (excluding diaryl/α,β-unsaturated/α-hetero) is 1. The molecule has 0 spiro atoms. The number of benzene rings is 3. The molecule has 1 amide bonds. The van der Waals surface area contributed by atoms with Gasteiger partial charge in [-0.3, -0.25) is 9.59 Å². The van der Waals surface area contributed by atoms with Crippen LogP contribution in [0.1, 0.15) is 30.1 Å². The van der Waals surface area contributed by atoms with Gasteiger partial charge in [0.05, 0.1) is 0 Å². The van der Waals surface area contributed by atoms with Crippen molar-refractivity contribution in [1.29, 1.82) is 0 Å². The Balaban J connectivity index is 1.50. The van der Waals surface area contributed by atoms with E-state index in [1.165, 1.54) is 0 Å². The third-order valence-electron chi connectivity index (χ3n) is 4.95. The summed E-state index contributed by atoms with van der Waals surface area (Å²) in [7, 11) is 0. The number of carbonyl (C=O) groups is 2. The predicted molar refractivity (Wildman–Crippen MR) is 109 cm³/mol.